The van der Waals surface area contributed by atoms with E-state index in [1.807, 2.05) is 0 Å². The summed E-state index contributed by atoms with van der Waals surface area (Å²) < 4.78 is 27.0. The number of benzene rings is 1. The van der Waals surface area contributed by atoms with Crippen molar-refractivity contribution in [1.82, 2.24) is 9.62 Å². The molecule has 4 N–H and O–H groups in total. The number of aliphatic hydroxyl groups excluding tert-OH is 1. The van der Waals surface area contributed by atoms with Gasteiger partial charge in [-0.15, -0.1) is 0 Å². The van der Waals surface area contributed by atoms with Crippen LogP contribution in [-0.4, -0.2) is 55.5 Å². The third-order valence-electron chi connectivity index (χ3n) is 4.60. The van der Waals surface area contributed by atoms with Gasteiger partial charge in [-0.2, -0.15) is 4.31 Å². The van der Waals surface area contributed by atoms with Crippen molar-refractivity contribution in [2.75, 3.05) is 19.7 Å². The lowest BCUT2D eigenvalue weighted by Gasteiger charge is -2.17. The number of nitrogens with one attached hydrogen (secondary N) is 1. The highest BCUT2D eigenvalue weighted by molar-refractivity contribution is 7.89. The molecule has 8 heteroatoms. The maximum Gasteiger partial charge on any atom is 0.251 e. The molecule has 2 aliphatic rings. The maximum atomic E-state index is 12.8. The zero-order valence-corrected chi connectivity index (χ0v) is 14.2. The van der Waals surface area contributed by atoms with Crippen LogP contribution in [-0.2, 0) is 10.0 Å². The first-order chi connectivity index (χ1) is 11.4. The summed E-state index contributed by atoms with van der Waals surface area (Å²) in [6.07, 6.45) is 2.43. The van der Waals surface area contributed by atoms with E-state index in [1.54, 1.807) is 12.1 Å². The summed E-state index contributed by atoms with van der Waals surface area (Å²) in [5.41, 5.74) is 6.33. The van der Waals surface area contributed by atoms with Crippen LogP contribution in [0.25, 0.3) is 0 Å². The quantitative estimate of drug-likeness (QED) is 0.661. The summed E-state index contributed by atoms with van der Waals surface area (Å²) in [4.78, 5) is 12.2. The lowest BCUT2D eigenvalue weighted by Crippen LogP contribution is -2.32. The first-order valence-corrected chi connectivity index (χ1v) is 9.63. The number of carbonyl (C=O) groups excluding carboxylic acids is 1. The van der Waals surface area contributed by atoms with Gasteiger partial charge in [0.25, 0.3) is 5.91 Å². The standard InChI is InChI=1S/C16H23N3O4S/c17-15-10-19(9-12(15)6-7-20)24(22,23)14-3-1-2-11(8-14)16(21)18-13-4-5-13/h1-3,8,12-13,15,20H,4-7,9-10,17H2,(H,18,21)/t12-,15-/m0/s1. The van der Waals surface area contributed by atoms with Crippen LogP contribution >= 0.6 is 0 Å². The molecule has 1 saturated heterocycles. The lowest BCUT2D eigenvalue weighted by atomic mass is 10.0. The van der Waals surface area contributed by atoms with Crippen molar-refractivity contribution in [1.29, 1.82) is 0 Å². The molecule has 1 amide bonds. The van der Waals surface area contributed by atoms with Gasteiger partial charge in [-0.3, -0.25) is 4.79 Å². The molecule has 1 saturated carbocycles. The second-order valence-corrected chi connectivity index (χ2v) is 8.47. The Hall–Kier alpha value is -1.48. The van der Waals surface area contributed by atoms with Crippen LogP contribution in [0, 0.1) is 5.92 Å². The number of nitrogens with zero attached hydrogens (tertiary/aromatic N) is 1. The van der Waals surface area contributed by atoms with Crippen molar-refractivity contribution in [2.45, 2.75) is 36.2 Å². The second-order valence-electron chi connectivity index (χ2n) is 6.53. The average Bonchev–Trinajstić information content (AvgIpc) is 3.29. The van der Waals surface area contributed by atoms with Gasteiger partial charge in [0.15, 0.2) is 0 Å². The van der Waals surface area contributed by atoms with E-state index in [0.717, 1.165) is 12.8 Å². The van der Waals surface area contributed by atoms with E-state index in [0.29, 0.717) is 18.5 Å². The molecular formula is C16H23N3O4S. The average molecular weight is 353 g/mol. The molecule has 7 nitrogen and oxygen atoms in total. The molecule has 0 radical (unpaired) electrons. The number of sulfonamides is 1. The van der Waals surface area contributed by atoms with Gasteiger partial charge in [0.05, 0.1) is 4.90 Å². The first-order valence-electron chi connectivity index (χ1n) is 8.19. The van der Waals surface area contributed by atoms with E-state index in [-0.39, 0.29) is 42.0 Å². The predicted octanol–water partition coefficient (Wildman–Crippen LogP) is -0.0910. The number of carbonyl (C=O) groups is 1. The van der Waals surface area contributed by atoms with E-state index < -0.39 is 10.0 Å². The molecule has 1 heterocycles. The number of hydrogen-bond acceptors (Lipinski definition) is 5. The fraction of sp³-hybridized carbons (Fsp3) is 0.562. The number of aliphatic hydroxyl groups is 1. The molecule has 1 aromatic rings. The van der Waals surface area contributed by atoms with Gasteiger partial charge in [-0.05, 0) is 43.4 Å². The van der Waals surface area contributed by atoms with Gasteiger partial charge in [0.1, 0.15) is 0 Å². The molecule has 132 valence electrons. The highest BCUT2D eigenvalue weighted by atomic mass is 32.2. The zero-order chi connectivity index (χ0) is 17.3. The minimum atomic E-state index is -3.70. The Bertz CT molecular complexity index is 718. The van der Waals surface area contributed by atoms with E-state index >= 15 is 0 Å². The molecule has 3 rings (SSSR count). The largest absolute Gasteiger partial charge is 0.396 e. The minimum absolute atomic E-state index is 0.0108. The highest BCUT2D eigenvalue weighted by Crippen LogP contribution is 2.26. The van der Waals surface area contributed by atoms with Gasteiger partial charge in [-0.25, -0.2) is 8.42 Å². The molecule has 1 aliphatic heterocycles. The number of hydrogen-bond donors (Lipinski definition) is 3. The van der Waals surface area contributed by atoms with Crippen molar-refractivity contribution in [2.24, 2.45) is 11.7 Å². The van der Waals surface area contributed by atoms with Crippen LogP contribution in [0.5, 0.6) is 0 Å². The number of nitrogens with two attached hydrogens (primary N) is 1. The summed E-state index contributed by atoms with van der Waals surface area (Å²) in [6, 6.07) is 6.03. The van der Waals surface area contributed by atoms with E-state index in [2.05, 4.69) is 5.32 Å². The Morgan fingerprint density at radius 1 is 1.33 bits per heavy atom. The summed E-state index contributed by atoms with van der Waals surface area (Å²) in [5.74, 6) is -0.294. The zero-order valence-electron chi connectivity index (χ0n) is 13.4. The molecule has 0 unspecified atom stereocenters. The normalized spacial score (nSPS) is 24.9. The fourth-order valence-corrected chi connectivity index (χ4v) is 4.55. The van der Waals surface area contributed by atoms with Crippen LogP contribution in [0.1, 0.15) is 29.6 Å². The molecular weight excluding hydrogens is 330 g/mol. The van der Waals surface area contributed by atoms with Gasteiger partial charge < -0.3 is 16.2 Å². The van der Waals surface area contributed by atoms with Crippen LogP contribution in [0.2, 0.25) is 0 Å². The molecule has 0 bridgehead atoms. The molecule has 2 atom stereocenters. The van der Waals surface area contributed by atoms with Crippen LogP contribution < -0.4 is 11.1 Å². The molecule has 1 aromatic carbocycles. The highest BCUT2D eigenvalue weighted by Gasteiger charge is 2.37. The Morgan fingerprint density at radius 3 is 2.75 bits per heavy atom. The van der Waals surface area contributed by atoms with Crippen LogP contribution in [0.3, 0.4) is 0 Å². The third kappa shape index (κ3) is 3.61. The Kier molecular flexibility index (Phi) is 4.91. The van der Waals surface area contributed by atoms with Crippen molar-refractivity contribution in [3.63, 3.8) is 0 Å². The van der Waals surface area contributed by atoms with E-state index in [4.69, 9.17) is 10.8 Å². The monoisotopic (exact) mass is 353 g/mol. The topological polar surface area (TPSA) is 113 Å². The Balaban J connectivity index is 1.78. The van der Waals surface area contributed by atoms with Gasteiger partial charge in [0, 0.05) is 37.3 Å². The molecule has 0 aromatic heterocycles. The Labute approximate surface area is 141 Å². The van der Waals surface area contributed by atoms with Crippen LogP contribution in [0.4, 0.5) is 0 Å². The lowest BCUT2D eigenvalue weighted by molar-refractivity contribution is 0.0951. The number of rotatable bonds is 6. The third-order valence-corrected chi connectivity index (χ3v) is 6.43. The summed E-state index contributed by atoms with van der Waals surface area (Å²) >= 11 is 0. The first kappa shape index (κ1) is 17.3. The summed E-state index contributed by atoms with van der Waals surface area (Å²) in [6.45, 7) is 0.511. The van der Waals surface area contributed by atoms with Crippen molar-refractivity contribution >= 4 is 15.9 Å². The van der Waals surface area contributed by atoms with E-state index in [1.165, 1.54) is 16.4 Å². The molecule has 1 aliphatic carbocycles. The molecule has 2 fully saturated rings. The van der Waals surface area contributed by atoms with Crippen LogP contribution in [0.15, 0.2) is 29.2 Å². The summed E-state index contributed by atoms with van der Waals surface area (Å²) in [5, 5.41) is 11.9. The molecule has 24 heavy (non-hydrogen) atoms. The van der Waals surface area contributed by atoms with Gasteiger partial charge in [-0.1, -0.05) is 6.07 Å². The van der Waals surface area contributed by atoms with Gasteiger partial charge in [0.2, 0.25) is 10.0 Å². The van der Waals surface area contributed by atoms with Crippen molar-refractivity contribution < 1.29 is 18.3 Å². The maximum absolute atomic E-state index is 12.8. The summed E-state index contributed by atoms with van der Waals surface area (Å²) in [7, 11) is -3.70. The van der Waals surface area contributed by atoms with E-state index in [9.17, 15) is 13.2 Å². The molecule has 0 spiro atoms. The smallest absolute Gasteiger partial charge is 0.251 e. The predicted molar refractivity (Wildman–Crippen MR) is 88.9 cm³/mol. The van der Waals surface area contributed by atoms with Crippen molar-refractivity contribution in [3.05, 3.63) is 29.8 Å². The number of amides is 1. The Morgan fingerprint density at radius 2 is 2.08 bits per heavy atom. The second kappa shape index (κ2) is 6.79. The van der Waals surface area contributed by atoms with Crippen molar-refractivity contribution in [3.8, 4) is 0 Å². The minimum Gasteiger partial charge on any atom is -0.396 e. The SMILES string of the molecule is N[C@H]1CN(S(=O)(=O)c2cccc(C(=O)NC3CC3)c2)C[C@@H]1CCO. The fourth-order valence-electron chi connectivity index (χ4n) is 2.97. The van der Waals surface area contributed by atoms with Gasteiger partial charge >= 0.3 is 0 Å².